The van der Waals surface area contributed by atoms with Crippen molar-refractivity contribution in [1.29, 1.82) is 0 Å². The molecule has 0 bridgehead atoms. The molecule has 1 saturated carbocycles. The normalized spacial score (nSPS) is 24.9. The van der Waals surface area contributed by atoms with Crippen LogP contribution in [0.25, 0.3) is 0 Å². The number of carbonyl (C=O) groups excluding carboxylic acids is 1. The molecule has 0 aromatic carbocycles. The fraction of sp³-hybridized carbons (Fsp3) is 0.917. The second-order valence-electron chi connectivity index (χ2n) is 4.80. The minimum atomic E-state index is -4.08. The summed E-state index contributed by atoms with van der Waals surface area (Å²) in [4.78, 5) is 11.5. The molecule has 1 aliphatic rings. The van der Waals surface area contributed by atoms with Gasteiger partial charge in [-0.15, -0.1) is 0 Å². The van der Waals surface area contributed by atoms with Crippen molar-refractivity contribution >= 4 is 21.8 Å². The average Bonchev–Trinajstić information content (AvgIpc) is 2.29. The number of rotatable bonds is 5. The maximum absolute atomic E-state index is 12.4. The first-order valence-electron chi connectivity index (χ1n) is 6.35. The van der Waals surface area contributed by atoms with Crippen molar-refractivity contribution in [3.05, 3.63) is 0 Å². The molecule has 0 aliphatic heterocycles. The molecule has 0 aromatic heterocycles. The van der Waals surface area contributed by atoms with E-state index < -0.39 is 12.1 Å². The maximum Gasteiger partial charge on any atom is 0.391 e. The zero-order valence-corrected chi connectivity index (χ0v) is 11.8. The summed E-state index contributed by atoms with van der Waals surface area (Å²) < 4.78 is 37.3. The predicted octanol–water partition coefficient (Wildman–Crippen LogP) is 3.79. The van der Waals surface area contributed by atoms with E-state index in [2.05, 4.69) is 21.2 Å². The van der Waals surface area contributed by atoms with Crippen molar-refractivity contribution in [3.63, 3.8) is 0 Å². The SMILES string of the molecule is O=C(CCCCBr)NC1CCC(C(F)(F)F)CC1. The molecule has 1 N–H and O–H groups in total. The number of nitrogens with one attached hydrogen (secondary N) is 1. The summed E-state index contributed by atoms with van der Waals surface area (Å²) in [6.07, 6.45) is -0.715. The second kappa shape index (κ2) is 7.36. The second-order valence-corrected chi connectivity index (χ2v) is 5.60. The fourth-order valence-electron chi connectivity index (χ4n) is 2.24. The Morgan fingerprint density at radius 2 is 1.78 bits per heavy atom. The van der Waals surface area contributed by atoms with Gasteiger partial charge in [-0.25, -0.2) is 0 Å². The summed E-state index contributed by atoms with van der Waals surface area (Å²) >= 11 is 3.28. The van der Waals surface area contributed by atoms with Gasteiger partial charge in [0.1, 0.15) is 0 Å². The van der Waals surface area contributed by atoms with E-state index in [9.17, 15) is 18.0 Å². The molecule has 0 aromatic rings. The van der Waals surface area contributed by atoms with Crippen molar-refractivity contribution < 1.29 is 18.0 Å². The van der Waals surface area contributed by atoms with Crippen molar-refractivity contribution in [2.24, 2.45) is 5.92 Å². The molecule has 18 heavy (non-hydrogen) atoms. The lowest BCUT2D eigenvalue weighted by Gasteiger charge is -2.30. The van der Waals surface area contributed by atoms with E-state index in [1.54, 1.807) is 0 Å². The zero-order valence-electron chi connectivity index (χ0n) is 10.2. The summed E-state index contributed by atoms with van der Waals surface area (Å²) in [5.74, 6) is -1.22. The largest absolute Gasteiger partial charge is 0.391 e. The minimum Gasteiger partial charge on any atom is -0.353 e. The number of amides is 1. The first kappa shape index (κ1) is 15.8. The molecule has 6 heteroatoms. The van der Waals surface area contributed by atoms with E-state index >= 15 is 0 Å². The fourth-order valence-corrected chi connectivity index (χ4v) is 2.64. The van der Waals surface area contributed by atoms with Gasteiger partial charge in [0.25, 0.3) is 0 Å². The summed E-state index contributed by atoms with van der Waals surface area (Å²) in [5.41, 5.74) is 0. The molecule has 1 amide bonds. The van der Waals surface area contributed by atoms with Crippen molar-refractivity contribution in [2.45, 2.75) is 57.2 Å². The molecule has 0 heterocycles. The molecule has 1 aliphatic carbocycles. The van der Waals surface area contributed by atoms with Crippen LogP contribution in [0.5, 0.6) is 0 Å². The van der Waals surface area contributed by atoms with E-state index in [0.717, 1.165) is 18.2 Å². The number of carbonyl (C=O) groups is 1. The lowest BCUT2D eigenvalue weighted by Crippen LogP contribution is -2.39. The Morgan fingerprint density at radius 3 is 2.28 bits per heavy atom. The van der Waals surface area contributed by atoms with Crippen molar-refractivity contribution in [2.75, 3.05) is 5.33 Å². The van der Waals surface area contributed by atoms with Crippen LogP contribution in [-0.4, -0.2) is 23.5 Å². The van der Waals surface area contributed by atoms with Gasteiger partial charge >= 0.3 is 6.18 Å². The number of alkyl halides is 4. The van der Waals surface area contributed by atoms with Gasteiger partial charge in [0.15, 0.2) is 0 Å². The van der Waals surface area contributed by atoms with Gasteiger partial charge in [-0.05, 0) is 38.5 Å². The molecule has 0 atom stereocenters. The molecule has 0 radical (unpaired) electrons. The van der Waals surface area contributed by atoms with Crippen LogP contribution < -0.4 is 5.32 Å². The monoisotopic (exact) mass is 329 g/mol. The van der Waals surface area contributed by atoms with Crippen LogP contribution in [0.4, 0.5) is 13.2 Å². The van der Waals surface area contributed by atoms with Crippen LogP contribution in [0.3, 0.4) is 0 Å². The zero-order chi connectivity index (χ0) is 13.6. The molecule has 1 rings (SSSR count). The van der Waals surface area contributed by atoms with Crippen LogP contribution in [0.15, 0.2) is 0 Å². The average molecular weight is 330 g/mol. The Kier molecular flexibility index (Phi) is 6.46. The van der Waals surface area contributed by atoms with Crippen LogP contribution in [0.1, 0.15) is 44.9 Å². The molecule has 106 valence electrons. The third-order valence-corrected chi connectivity index (χ3v) is 3.90. The van der Waals surface area contributed by atoms with Gasteiger partial charge < -0.3 is 5.32 Å². The van der Waals surface area contributed by atoms with Gasteiger partial charge in [-0.3, -0.25) is 4.79 Å². The Balaban J connectivity index is 2.21. The van der Waals surface area contributed by atoms with Crippen LogP contribution in [0, 0.1) is 5.92 Å². The minimum absolute atomic E-state index is 0.0357. The molecular weight excluding hydrogens is 311 g/mol. The van der Waals surface area contributed by atoms with Gasteiger partial charge in [0, 0.05) is 17.8 Å². The maximum atomic E-state index is 12.4. The number of unbranched alkanes of at least 4 members (excludes halogenated alkanes) is 1. The standard InChI is InChI=1S/C12H19BrF3NO/c13-8-2-1-3-11(18)17-10-6-4-9(5-7-10)12(14,15)16/h9-10H,1-8H2,(H,17,18). The number of halogens is 4. The van der Waals surface area contributed by atoms with Crippen LogP contribution in [-0.2, 0) is 4.79 Å². The highest BCUT2D eigenvalue weighted by Crippen LogP contribution is 2.37. The Bertz CT molecular complexity index is 263. The highest BCUT2D eigenvalue weighted by atomic mass is 79.9. The Hall–Kier alpha value is -0.260. The Labute approximate surface area is 114 Å². The third-order valence-electron chi connectivity index (χ3n) is 3.34. The first-order chi connectivity index (χ1) is 8.43. The van der Waals surface area contributed by atoms with Crippen molar-refractivity contribution in [1.82, 2.24) is 5.32 Å². The highest BCUT2D eigenvalue weighted by molar-refractivity contribution is 9.09. The first-order valence-corrected chi connectivity index (χ1v) is 7.47. The third kappa shape index (κ3) is 5.59. The molecule has 0 unspecified atom stereocenters. The van der Waals surface area contributed by atoms with Gasteiger partial charge in [0.05, 0.1) is 5.92 Å². The summed E-state index contributed by atoms with van der Waals surface area (Å²) in [7, 11) is 0. The molecule has 0 saturated heterocycles. The highest BCUT2D eigenvalue weighted by Gasteiger charge is 2.41. The van der Waals surface area contributed by atoms with E-state index in [-0.39, 0.29) is 24.8 Å². The van der Waals surface area contributed by atoms with Crippen molar-refractivity contribution in [3.8, 4) is 0 Å². The van der Waals surface area contributed by atoms with E-state index in [0.29, 0.717) is 19.3 Å². The van der Waals surface area contributed by atoms with E-state index in [1.807, 2.05) is 0 Å². The topological polar surface area (TPSA) is 29.1 Å². The summed E-state index contributed by atoms with van der Waals surface area (Å²) in [6, 6.07) is -0.0694. The summed E-state index contributed by atoms with van der Waals surface area (Å²) in [6.45, 7) is 0. The lowest BCUT2D eigenvalue weighted by atomic mass is 9.85. The molecule has 2 nitrogen and oxygen atoms in total. The van der Waals surface area contributed by atoms with Gasteiger partial charge in [0.2, 0.25) is 5.91 Å². The van der Waals surface area contributed by atoms with E-state index in [1.165, 1.54) is 0 Å². The van der Waals surface area contributed by atoms with E-state index in [4.69, 9.17) is 0 Å². The molecule has 1 fully saturated rings. The number of hydrogen-bond donors (Lipinski definition) is 1. The lowest BCUT2D eigenvalue weighted by molar-refractivity contribution is -0.182. The van der Waals surface area contributed by atoms with Gasteiger partial charge in [-0.2, -0.15) is 13.2 Å². The summed E-state index contributed by atoms with van der Waals surface area (Å²) in [5, 5.41) is 3.70. The molecular formula is C12H19BrF3NO. The quantitative estimate of drug-likeness (QED) is 0.603. The predicted molar refractivity (Wildman–Crippen MR) is 67.6 cm³/mol. The van der Waals surface area contributed by atoms with Gasteiger partial charge in [-0.1, -0.05) is 15.9 Å². The van der Waals surface area contributed by atoms with Crippen LogP contribution >= 0.6 is 15.9 Å². The Morgan fingerprint density at radius 1 is 1.17 bits per heavy atom. The number of hydrogen-bond acceptors (Lipinski definition) is 1. The van der Waals surface area contributed by atoms with Crippen LogP contribution in [0.2, 0.25) is 0 Å². The smallest absolute Gasteiger partial charge is 0.353 e. The molecule has 0 spiro atoms.